The third-order valence-corrected chi connectivity index (χ3v) is 2.35. The number of ether oxygens (including phenoxy) is 1. The van der Waals surface area contributed by atoms with Crippen molar-refractivity contribution in [1.82, 2.24) is 0 Å². The fourth-order valence-electron chi connectivity index (χ4n) is 1.77. The second kappa shape index (κ2) is 1.96. The zero-order valence-corrected chi connectivity index (χ0v) is 5.42. The molecule has 9 heavy (non-hydrogen) atoms. The average molecular weight is 128 g/mol. The molecule has 2 saturated heterocycles. The van der Waals surface area contributed by atoms with Gasteiger partial charge in [-0.1, -0.05) is 0 Å². The fraction of sp³-hybridized carbons (Fsp3) is 1.00. The second-order valence-electron chi connectivity index (χ2n) is 3.02. The third kappa shape index (κ3) is 0.864. The van der Waals surface area contributed by atoms with Crippen LogP contribution in [0.2, 0.25) is 0 Å². The van der Waals surface area contributed by atoms with Crippen LogP contribution in [0.3, 0.4) is 0 Å². The van der Waals surface area contributed by atoms with Gasteiger partial charge in [0.05, 0.1) is 18.3 Å². The highest BCUT2D eigenvalue weighted by Crippen LogP contribution is 2.32. The predicted octanol–water partition coefficient (Wildman–Crippen LogP) is 0.689. The fourth-order valence-corrected chi connectivity index (χ4v) is 1.77. The van der Waals surface area contributed by atoms with Crippen LogP contribution < -0.4 is 0 Å². The van der Waals surface area contributed by atoms with Crippen LogP contribution >= 0.6 is 0 Å². The molecule has 2 heterocycles. The molecule has 52 valence electrons. The summed E-state index contributed by atoms with van der Waals surface area (Å²) in [4.78, 5) is 0. The SMILES string of the molecule is O[C@@H]1CC[C@@H]2CC[C@H]1O2. The maximum Gasteiger partial charge on any atom is 0.0838 e. The lowest BCUT2D eigenvalue weighted by Gasteiger charge is -2.24. The van der Waals surface area contributed by atoms with E-state index in [1.54, 1.807) is 0 Å². The molecule has 2 nitrogen and oxygen atoms in total. The van der Waals surface area contributed by atoms with Crippen LogP contribution in [0.15, 0.2) is 0 Å². The molecule has 0 saturated carbocycles. The summed E-state index contributed by atoms with van der Waals surface area (Å²) in [6.07, 6.45) is 4.77. The molecular weight excluding hydrogens is 116 g/mol. The predicted molar refractivity (Wildman–Crippen MR) is 33.1 cm³/mol. The van der Waals surface area contributed by atoms with Crippen LogP contribution in [0.25, 0.3) is 0 Å². The molecule has 2 bridgehead atoms. The Bertz CT molecular complexity index is 113. The minimum atomic E-state index is -0.163. The average Bonchev–Trinajstić information content (AvgIpc) is 2.25. The number of aliphatic hydroxyl groups is 1. The van der Waals surface area contributed by atoms with Gasteiger partial charge in [-0.3, -0.25) is 0 Å². The quantitative estimate of drug-likeness (QED) is 0.520. The van der Waals surface area contributed by atoms with Crippen LogP contribution in [-0.4, -0.2) is 23.4 Å². The van der Waals surface area contributed by atoms with E-state index in [9.17, 15) is 5.11 Å². The Morgan fingerprint density at radius 1 is 1.11 bits per heavy atom. The first-order valence-electron chi connectivity index (χ1n) is 3.70. The lowest BCUT2D eigenvalue weighted by Crippen LogP contribution is -2.31. The van der Waals surface area contributed by atoms with Crippen molar-refractivity contribution in [2.24, 2.45) is 0 Å². The summed E-state index contributed by atoms with van der Waals surface area (Å²) >= 11 is 0. The van der Waals surface area contributed by atoms with Crippen LogP contribution in [0.4, 0.5) is 0 Å². The van der Waals surface area contributed by atoms with Gasteiger partial charge < -0.3 is 9.84 Å². The van der Waals surface area contributed by atoms with E-state index in [0.717, 1.165) is 19.3 Å². The first-order valence-corrected chi connectivity index (χ1v) is 3.70. The van der Waals surface area contributed by atoms with Crippen molar-refractivity contribution in [2.45, 2.75) is 44.0 Å². The van der Waals surface area contributed by atoms with E-state index >= 15 is 0 Å². The van der Waals surface area contributed by atoms with E-state index in [1.165, 1.54) is 6.42 Å². The van der Waals surface area contributed by atoms with Gasteiger partial charge in [0.25, 0.3) is 0 Å². The Kier molecular flexibility index (Phi) is 1.24. The van der Waals surface area contributed by atoms with Gasteiger partial charge in [-0.25, -0.2) is 0 Å². The topological polar surface area (TPSA) is 29.5 Å². The minimum Gasteiger partial charge on any atom is -0.390 e. The normalized spacial score (nSPS) is 49.7. The Hall–Kier alpha value is -0.0800. The zero-order valence-electron chi connectivity index (χ0n) is 5.42. The maximum absolute atomic E-state index is 9.27. The zero-order chi connectivity index (χ0) is 6.27. The third-order valence-electron chi connectivity index (χ3n) is 2.35. The van der Waals surface area contributed by atoms with Crippen LogP contribution in [0, 0.1) is 0 Å². The molecule has 0 amide bonds. The minimum absolute atomic E-state index is 0.163. The van der Waals surface area contributed by atoms with Crippen molar-refractivity contribution < 1.29 is 9.84 Å². The molecule has 3 atom stereocenters. The number of fused-ring (bicyclic) bond motifs is 2. The van der Waals surface area contributed by atoms with Gasteiger partial charge >= 0.3 is 0 Å². The Morgan fingerprint density at radius 3 is 2.67 bits per heavy atom. The van der Waals surface area contributed by atoms with Gasteiger partial charge in [-0.2, -0.15) is 0 Å². The standard InChI is InChI=1S/C7H12O2/c8-6-3-1-5-2-4-7(6)9-5/h5-8H,1-4H2/t5-,6-,7-/m1/s1. The van der Waals surface area contributed by atoms with E-state index in [2.05, 4.69) is 0 Å². The number of aliphatic hydroxyl groups excluding tert-OH is 1. The molecule has 0 aromatic carbocycles. The summed E-state index contributed by atoms with van der Waals surface area (Å²) in [5.74, 6) is 0. The highest BCUT2D eigenvalue weighted by molar-refractivity contribution is 4.85. The molecule has 0 spiro atoms. The van der Waals surface area contributed by atoms with Gasteiger partial charge in [0.15, 0.2) is 0 Å². The second-order valence-corrected chi connectivity index (χ2v) is 3.02. The summed E-state index contributed by atoms with van der Waals surface area (Å²) in [6, 6.07) is 0. The maximum atomic E-state index is 9.27. The van der Waals surface area contributed by atoms with E-state index in [-0.39, 0.29) is 12.2 Å². The van der Waals surface area contributed by atoms with Crippen molar-refractivity contribution in [3.63, 3.8) is 0 Å². The molecule has 2 heteroatoms. The van der Waals surface area contributed by atoms with Crippen LogP contribution in [-0.2, 0) is 4.74 Å². The first-order chi connectivity index (χ1) is 4.36. The van der Waals surface area contributed by atoms with E-state index in [0.29, 0.717) is 6.10 Å². The van der Waals surface area contributed by atoms with E-state index in [4.69, 9.17) is 4.74 Å². The van der Waals surface area contributed by atoms with E-state index < -0.39 is 0 Å². The largest absolute Gasteiger partial charge is 0.390 e. The smallest absolute Gasteiger partial charge is 0.0838 e. The highest BCUT2D eigenvalue weighted by atomic mass is 16.5. The Morgan fingerprint density at radius 2 is 1.89 bits per heavy atom. The lowest BCUT2D eigenvalue weighted by atomic mass is 10.1. The van der Waals surface area contributed by atoms with E-state index in [1.807, 2.05) is 0 Å². The molecule has 2 rings (SSSR count). The van der Waals surface area contributed by atoms with Gasteiger partial charge in [0.1, 0.15) is 0 Å². The van der Waals surface area contributed by atoms with Crippen LogP contribution in [0.1, 0.15) is 25.7 Å². The summed E-state index contributed by atoms with van der Waals surface area (Å²) in [7, 11) is 0. The number of hydrogen-bond donors (Lipinski definition) is 1. The molecule has 0 aromatic heterocycles. The number of rotatable bonds is 0. The summed E-state index contributed by atoms with van der Waals surface area (Å²) < 4.78 is 5.46. The summed E-state index contributed by atoms with van der Waals surface area (Å²) in [5.41, 5.74) is 0. The van der Waals surface area contributed by atoms with Crippen molar-refractivity contribution in [3.8, 4) is 0 Å². The molecule has 0 aromatic rings. The lowest BCUT2D eigenvalue weighted by molar-refractivity contribution is -0.0746. The molecule has 2 aliphatic heterocycles. The van der Waals surface area contributed by atoms with Crippen molar-refractivity contribution >= 4 is 0 Å². The molecule has 2 aliphatic rings. The monoisotopic (exact) mass is 128 g/mol. The molecule has 1 N–H and O–H groups in total. The Labute approximate surface area is 54.8 Å². The van der Waals surface area contributed by atoms with Crippen molar-refractivity contribution in [3.05, 3.63) is 0 Å². The molecule has 0 aliphatic carbocycles. The van der Waals surface area contributed by atoms with Gasteiger partial charge in [-0.15, -0.1) is 0 Å². The molecule has 2 fully saturated rings. The summed E-state index contributed by atoms with van der Waals surface area (Å²) in [6.45, 7) is 0. The molecule has 0 unspecified atom stereocenters. The van der Waals surface area contributed by atoms with Gasteiger partial charge in [0, 0.05) is 0 Å². The van der Waals surface area contributed by atoms with Crippen molar-refractivity contribution in [1.29, 1.82) is 0 Å². The summed E-state index contributed by atoms with van der Waals surface area (Å²) in [5, 5.41) is 9.27. The van der Waals surface area contributed by atoms with Gasteiger partial charge in [0.2, 0.25) is 0 Å². The van der Waals surface area contributed by atoms with Crippen LogP contribution in [0.5, 0.6) is 0 Å². The molecule has 0 radical (unpaired) electrons. The molecular formula is C7H12O2. The Balaban J connectivity index is 2.05. The number of hydrogen-bond acceptors (Lipinski definition) is 2. The van der Waals surface area contributed by atoms with Crippen molar-refractivity contribution in [2.75, 3.05) is 0 Å². The first kappa shape index (κ1) is 5.69. The van der Waals surface area contributed by atoms with Gasteiger partial charge in [-0.05, 0) is 25.7 Å². The highest BCUT2D eigenvalue weighted by Gasteiger charge is 2.35.